The largest absolute Gasteiger partial charge is 0.383 e. The number of methoxy groups -OCH3 is 1. The van der Waals surface area contributed by atoms with Crippen LogP contribution in [0.15, 0.2) is 18.2 Å². The summed E-state index contributed by atoms with van der Waals surface area (Å²) >= 11 is 0. The molecule has 128 valence electrons. The lowest BCUT2D eigenvalue weighted by Crippen LogP contribution is -2.33. The van der Waals surface area contributed by atoms with Gasteiger partial charge in [0.25, 0.3) is 5.91 Å². The number of anilines is 1. The van der Waals surface area contributed by atoms with Gasteiger partial charge in [0.1, 0.15) is 0 Å². The Labute approximate surface area is 137 Å². The second-order valence-corrected chi connectivity index (χ2v) is 7.33. The fourth-order valence-corrected chi connectivity index (χ4v) is 3.48. The summed E-state index contributed by atoms with van der Waals surface area (Å²) < 4.78 is 29.7. The molecule has 1 aliphatic heterocycles. The second-order valence-electron chi connectivity index (χ2n) is 5.43. The van der Waals surface area contributed by atoms with Gasteiger partial charge in [0, 0.05) is 38.9 Å². The molecule has 0 spiro atoms. The van der Waals surface area contributed by atoms with Gasteiger partial charge < -0.3 is 15.4 Å². The molecule has 1 aromatic carbocycles. The zero-order valence-corrected chi connectivity index (χ0v) is 14.3. The Morgan fingerprint density at radius 2 is 2.09 bits per heavy atom. The van der Waals surface area contributed by atoms with Crippen LogP contribution in [0.3, 0.4) is 0 Å². The number of fused-ring (bicyclic) bond motifs is 1. The first-order chi connectivity index (χ1) is 10.9. The van der Waals surface area contributed by atoms with Crippen LogP contribution in [0.4, 0.5) is 5.69 Å². The minimum absolute atomic E-state index is 0.154. The van der Waals surface area contributed by atoms with Crippen molar-refractivity contribution in [3.8, 4) is 0 Å². The number of carbonyl (C=O) groups is 1. The summed E-state index contributed by atoms with van der Waals surface area (Å²) in [6, 6.07) is 5.14. The van der Waals surface area contributed by atoms with Crippen molar-refractivity contribution in [2.24, 2.45) is 0 Å². The number of ether oxygens (including phenoxy) is 1. The molecule has 23 heavy (non-hydrogen) atoms. The van der Waals surface area contributed by atoms with Crippen molar-refractivity contribution in [2.45, 2.75) is 6.42 Å². The Balaban J connectivity index is 1.91. The van der Waals surface area contributed by atoms with E-state index in [1.807, 2.05) is 0 Å². The van der Waals surface area contributed by atoms with E-state index < -0.39 is 10.0 Å². The molecule has 1 heterocycles. The van der Waals surface area contributed by atoms with Gasteiger partial charge in [-0.1, -0.05) is 0 Å². The molecule has 0 aromatic heterocycles. The molecule has 0 saturated heterocycles. The van der Waals surface area contributed by atoms with Gasteiger partial charge in [-0.05, 0) is 30.2 Å². The van der Waals surface area contributed by atoms with Gasteiger partial charge in [-0.2, -0.15) is 0 Å². The Morgan fingerprint density at radius 3 is 2.78 bits per heavy atom. The Kier molecular flexibility index (Phi) is 5.97. The first-order valence-corrected chi connectivity index (χ1v) is 9.37. The molecule has 0 bridgehead atoms. The molecule has 1 amide bonds. The summed E-state index contributed by atoms with van der Waals surface area (Å²) in [5.41, 5.74) is 2.11. The monoisotopic (exact) mass is 341 g/mol. The standard InChI is InChI=1S/C15H23N3O4S/c1-22-10-8-16-6-7-17-15(19)13-3-4-14-12(11-13)5-9-18(14)23(2,20)21/h3-4,11,16H,5-10H2,1-2H3,(H,17,19). The van der Waals surface area contributed by atoms with Crippen molar-refractivity contribution in [3.63, 3.8) is 0 Å². The van der Waals surface area contributed by atoms with Crippen LogP contribution < -0.4 is 14.9 Å². The summed E-state index contributed by atoms with van der Waals surface area (Å²) in [5, 5.41) is 5.98. The third-order valence-corrected chi connectivity index (χ3v) is 4.85. The molecule has 7 nitrogen and oxygen atoms in total. The predicted octanol–water partition coefficient (Wildman–Crippen LogP) is -0.0255. The van der Waals surface area contributed by atoms with Crippen molar-refractivity contribution < 1.29 is 17.9 Å². The third-order valence-electron chi connectivity index (χ3n) is 3.67. The van der Waals surface area contributed by atoms with Gasteiger partial charge in [0.15, 0.2) is 0 Å². The number of nitrogens with one attached hydrogen (secondary N) is 2. The highest BCUT2D eigenvalue weighted by molar-refractivity contribution is 7.92. The molecule has 0 saturated carbocycles. The molecule has 8 heteroatoms. The summed E-state index contributed by atoms with van der Waals surface area (Å²) in [7, 11) is -1.62. The molecular formula is C15H23N3O4S. The van der Waals surface area contributed by atoms with Crippen LogP contribution in [-0.2, 0) is 21.2 Å². The van der Waals surface area contributed by atoms with E-state index in [4.69, 9.17) is 4.74 Å². The average molecular weight is 341 g/mol. The van der Waals surface area contributed by atoms with Crippen LogP contribution in [0.25, 0.3) is 0 Å². The van der Waals surface area contributed by atoms with E-state index in [0.717, 1.165) is 12.1 Å². The molecule has 2 N–H and O–H groups in total. The van der Waals surface area contributed by atoms with Gasteiger partial charge in [-0.15, -0.1) is 0 Å². The lowest BCUT2D eigenvalue weighted by atomic mass is 10.1. The van der Waals surface area contributed by atoms with Gasteiger partial charge in [0.05, 0.1) is 18.6 Å². The van der Waals surface area contributed by atoms with Crippen LogP contribution in [0.1, 0.15) is 15.9 Å². The number of sulfonamides is 1. The maximum Gasteiger partial charge on any atom is 0.251 e. The predicted molar refractivity (Wildman–Crippen MR) is 89.4 cm³/mol. The molecule has 0 atom stereocenters. The van der Waals surface area contributed by atoms with Gasteiger partial charge in [-0.25, -0.2) is 8.42 Å². The highest BCUT2D eigenvalue weighted by Crippen LogP contribution is 2.30. The van der Waals surface area contributed by atoms with Crippen molar-refractivity contribution in [1.82, 2.24) is 10.6 Å². The van der Waals surface area contributed by atoms with Gasteiger partial charge >= 0.3 is 0 Å². The van der Waals surface area contributed by atoms with Gasteiger partial charge in [-0.3, -0.25) is 9.10 Å². The number of amides is 1. The van der Waals surface area contributed by atoms with Crippen LogP contribution >= 0.6 is 0 Å². The summed E-state index contributed by atoms with van der Waals surface area (Å²) in [6.07, 6.45) is 1.82. The second kappa shape index (κ2) is 7.76. The third kappa shape index (κ3) is 4.66. The van der Waals surface area contributed by atoms with Crippen LogP contribution in [0.2, 0.25) is 0 Å². The molecule has 0 radical (unpaired) electrons. The fraction of sp³-hybridized carbons (Fsp3) is 0.533. The Hall–Kier alpha value is -1.64. The van der Waals surface area contributed by atoms with E-state index in [1.54, 1.807) is 25.3 Å². The quantitative estimate of drug-likeness (QED) is 0.649. The van der Waals surface area contributed by atoms with E-state index in [1.165, 1.54) is 10.6 Å². The van der Waals surface area contributed by atoms with Crippen LogP contribution in [0.5, 0.6) is 0 Å². The fourth-order valence-electron chi connectivity index (χ4n) is 2.52. The minimum atomic E-state index is -3.26. The van der Waals surface area contributed by atoms with Crippen LogP contribution in [-0.4, -0.2) is 60.5 Å². The Bertz CT molecular complexity index is 661. The van der Waals surface area contributed by atoms with Crippen LogP contribution in [0, 0.1) is 0 Å². The lowest BCUT2D eigenvalue weighted by molar-refractivity contribution is 0.0953. The van der Waals surface area contributed by atoms with E-state index in [-0.39, 0.29) is 5.91 Å². The van der Waals surface area contributed by atoms with Gasteiger partial charge in [0.2, 0.25) is 10.0 Å². The lowest BCUT2D eigenvalue weighted by Gasteiger charge is -2.16. The molecule has 1 aromatic rings. The highest BCUT2D eigenvalue weighted by atomic mass is 32.2. The van der Waals surface area contributed by atoms with E-state index in [9.17, 15) is 13.2 Å². The summed E-state index contributed by atoms with van der Waals surface area (Å²) in [6.45, 7) is 3.00. The molecule has 0 fully saturated rings. The molecule has 1 aliphatic rings. The first kappa shape index (κ1) is 17.7. The van der Waals surface area contributed by atoms with Crippen molar-refractivity contribution in [3.05, 3.63) is 29.3 Å². The number of hydrogen-bond acceptors (Lipinski definition) is 5. The zero-order chi connectivity index (χ0) is 16.9. The van der Waals surface area contributed by atoms with Crippen molar-refractivity contribution in [2.75, 3.05) is 50.5 Å². The number of rotatable bonds is 8. The van der Waals surface area contributed by atoms with E-state index in [2.05, 4.69) is 10.6 Å². The first-order valence-electron chi connectivity index (χ1n) is 7.52. The van der Waals surface area contributed by atoms with E-state index >= 15 is 0 Å². The SMILES string of the molecule is COCCNCCNC(=O)c1ccc2c(c1)CCN2S(C)(=O)=O. The summed E-state index contributed by atoms with van der Waals surface area (Å²) in [4.78, 5) is 12.1. The number of hydrogen-bond donors (Lipinski definition) is 2. The normalized spacial score (nSPS) is 13.9. The topological polar surface area (TPSA) is 87.7 Å². The number of carbonyl (C=O) groups excluding carboxylic acids is 1. The molecule has 2 rings (SSSR count). The number of benzene rings is 1. The van der Waals surface area contributed by atoms with Crippen molar-refractivity contribution in [1.29, 1.82) is 0 Å². The zero-order valence-electron chi connectivity index (χ0n) is 13.5. The van der Waals surface area contributed by atoms with E-state index in [0.29, 0.717) is 43.9 Å². The molecular weight excluding hydrogens is 318 g/mol. The summed E-state index contributed by atoms with van der Waals surface area (Å²) in [5.74, 6) is -0.154. The highest BCUT2D eigenvalue weighted by Gasteiger charge is 2.26. The Morgan fingerprint density at radius 1 is 1.30 bits per heavy atom. The number of nitrogens with zero attached hydrogens (tertiary/aromatic N) is 1. The molecule has 0 unspecified atom stereocenters. The smallest absolute Gasteiger partial charge is 0.251 e. The molecule has 0 aliphatic carbocycles. The van der Waals surface area contributed by atoms with Crippen molar-refractivity contribution >= 4 is 21.6 Å². The maximum atomic E-state index is 12.1. The average Bonchev–Trinajstić information content (AvgIpc) is 2.93. The minimum Gasteiger partial charge on any atom is -0.383 e. The maximum absolute atomic E-state index is 12.1.